The van der Waals surface area contributed by atoms with Gasteiger partial charge in [0.2, 0.25) is 0 Å². The molecule has 0 atom stereocenters. The van der Waals surface area contributed by atoms with Gasteiger partial charge in [0.05, 0.1) is 0 Å². The van der Waals surface area contributed by atoms with E-state index in [1.807, 2.05) is 49.4 Å². The number of fused-ring (bicyclic) bond motifs is 2. The molecule has 2 aliphatic rings. The Balaban J connectivity index is 1.77. The van der Waals surface area contributed by atoms with Crippen molar-refractivity contribution in [2.45, 2.75) is 6.92 Å². The molecule has 0 aliphatic carbocycles. The Morgan fingerprint density at radius 3 is 2.73 bits per heavy atom. The summed E-state index contributed by atoms with van der Waals surface area (Å²) >= 11 is 0. The van der Waals surface area contributed by atoms with Gasteiger partial charge in [-0.15, -0.1) is 0 Å². The van der Waals surface area contributed by atoms with E-state index in [0.717, 1.165) is 33.9 Å². The van der Waals surface area contributed by atoms with Crippen LogP contribution >= 0.6 is 0 Å². The van der Waals surface area contributed by atoms with Gasteiger partial charge in [0, 0.05) is 16.8 Å². The molecule has 0 aromatic heterocycles. The highest BCUT2D eigenvalue weighted by Gasteiger charge is 2.24. The van der Waals surface area contributed by atoms with Gasteiger partial charge in [0.1, 0.15) is 13.2 Å². The molecule has 0 unspecified atom stereocenters. The van der Waals surface area contributed by atoms with Gasteiger partial charge >= 0.3 is 0 Å². The Kier molecular flexibility index (Phi) is 2.89. The van der Waals surface area contributed by atoms with Gasteiger partial charge in [-0.05, 0) is 42.8 Å². The van der Waals surface area contributed by atoms with E-state index in [-0.39, 0.29) is 5.91 Å². The molecule has 4 heteroatoms. The van der Waals surface area contributed by atoms with Crippen LogP contribution in [0.4, 0.5) is 5.69 Å². The molecule has 1 amide bonds. The zero-order valence-corrected chi connectivity index (χ0v) is 12.2. The lowest BCUT2D eigenvalue weighted by atomic mass is 10.0. The maximum Gasteiger partial charge on any atom is 0.256 e. The summed E-state index contributed by atoms with van der Waals surface area (Å²) in [6.07, 6.45) is 1.89. The van der Waals surface area contributed by atoms with Crippen molar-refractivity contribution < 1.29 is 14.3 Å². The molecule has 2 aliphatic heterocycles. The molecule has 0 radical (unpaired) electrons. The number of ether oxygens (including phenoxy) is 2. The molecule has 0 fully saturated rings. The van der Waals surface area contributed by atoms with Crippen LogP contribution in [0.2, 0.25) is 0 Å². The van der Waals surface area contributed by atoms with Gasteiger partial charge in [-0.3, -0.25) is 4.79 Å². The molecular weight excluding hydrogens is 278 g/mol. The Morgan fingerprint density at radius 1 is 1.05 bits per heavy atom. The lowest BCUT2D eigenvalue weighted by Crippen LogP contribution is -2.15. The van der Waals surface area contributed by atoms with E-state index in [0.29, 0.717) is 18.8 Å². The minimum absolute atomic E-state index is 0.0736. The second kappa shape index (κ2) is 4.91. The summed E-state index contributed by atoms with van der Waals surface area (Å²) in [5.74, 6) is 1.40. The number of rotatable bonds is 1. The fourth-order valence-corrected chi connectivity index (χ4v) is 2.76. The van der Waals surface area contributed by atoms with E-state index < -0.39 is 0 Å². The van der Waals surface area contributed by atoms with Gasteiger partial charge in [-0.1, -0.05) is 17.7 Å². The van der Waals surface area contributed by atoms with Crippen molar-refractivity contribution in [1.29, 1.82) is 0 Å². The predicted molar refractivity (Wildman–Crippen MR) is 85.1 cm³/mol. The average Bonchev–Trinajstić information content (AvgIpc) is 2.83. The van der Waals surface area contributed by atoms with Gasteiger partial charge in [0.15, 0.2) is 11.5 Å². The highest BCUT2D eigenvalue weighted by atomic mass is 16.6. The van der Waals surface area contributed by atoms with E-state index in [2.05, 4.69) is 5.32 Å². The van der Waals surface area contributed by atoms with Crippen LogP contribution in [0, 0.1) is 6.92 Å². The van der Waals surface area contributed by atoms with Crippen LogP contribution in [0.1, 0.15) is 16.7 Å². The van der Waals surface area contributed by atoms with Crippen molar-refractivity contribution in [2.75, 3.05) is 18.5 Å². The topological polar surface area (TPSA) is 47.6 Å². The molecule has 0 saturated carbocycles. The Bertz CT molecular complexity index is 808. The van der Waals surface area contributed by atoms with E-state index in [4.69, 9.17) is 9.47 Å². The van der Waals surface area contributed by atoms with Crippen molar-refractivity contribution in [1.82, 2.24) is 0 Å². The van der Waals surface area contributed by atoms with E-state index >= 15 is 0 Å². The molecule has 0 spiro atoms. The molecule has 110 valence electrons. The van der Waals surface area contributed by atoms with Crippen molar-refractivity contribution in [3.8, 4) is 11.5 Å². The third kappa shape index (κ3) is 2.13. The molecule has 2 aromatic rings. The highest BCUT2D eigenvalue weighted by Crippen LogP contribution is 2.36. The van der Waals surface area contributed by atoms with E-state index in [1.165, 1.54) is 0 Å². The fourth-order valence-electron chi connectivity index (χ4n) is 2.76. The van der Waals surface area contributed by atoms with Crippen LogP contribution in [0.25, 0.3) is 11.6 Å². The van der Waals surface area contributed by atoms with Crippen molar-refractivity contribution in [3.63, 3.8) is 0 Å². The number of carbonyl (C=O) groups excluding carboxylic acids is 1. The first-order valence-electron chi connectivity index (χ1n) is 7.24. The number of amides is 1. The van der Waals surface area contributed by atoms with E-state index in [1.54, 1.807) is 0 Å². The van der Waals surface area contributed by atoms with Gasteiger partial charge in [-0.2, -0.15) is 0 Å². The molecule has 4 nitrogen and oxygen atoms in total. The monoisotopic (exact) mass is 293 g/mol. The third-order valence-corrected chi connectivity index (χ3v) is 3.84. The Labute approximate surface area is 128 Å². The molecule has 4 rings (SSSR count). The quantitative estimate of drug-likeness (QED) is 0.821. The summed E-state index contributed by atoms with van der Waals surface area (Å²) in [6.45, 7) is 3.14. The second-order valence-electron chi connectivity index (χ2n) is 5.46. The average molecular weight is 293 g/mol. The van der Waals surface area contributed by atoms with Gasteiger partial charge in [-0.25, -0.2) is 0 Å². The SMILES string of the molecule is Cc1ccc2c(c1)/C(=C\c1ccc3c(c1)OCCO3)C(=O)N2. The summed E-state index contributed by atoms with van der Waals surface area (Å²) in [5.41, 5.74) is 4.53. The Morgan fingerprint density at radius 2 is 1.86 bits per heavy atom. The van der Waals surface area contributed by atoms with Crippen LogP contribution < -0.4 is 14.8 Å². The van der Waals surface area contributed by atoms with Crippen LogP contribution in [0.5, 0.6) is 11.5 Å². The van der Waals surface area contributed by atoms with Crippen LogP contribution in [0.3, 0.4) is 0 Å². The Hall–Kier alpha value is -2.75. The summed E-state index contributed by atoms with van der Waals surface area (Å²) in [6, 6.07) is 11.7. The van der Waals surface area contributed by atoms with Crippen LogP contribution in [-0.2, 0) is 4.79 Å². The van der Waals surface area contributed by atoms with Crippen molar-refractivity contribution in [2.24, 2.45) is 0 Å². The minimum atomic E-state index is -0.0736. The fraction of sp³-hybridized carbons (Fsp3) is 0.167. The molecule has 1 N–H and O–H groups in total. The lowest BCUT2D eigenvalue weighted by Gasteiger charge is -2.18. The van der Waals surface area contributed by atoms with Crippen molar-refractivity contribution >= 4 is 23.2 Å². The third-order valence-electron chi connectivity index (χ3n) is 3.84. The summed E-state index contributed by atoms with van der Waals surface area (Å²) in [7, 11) is 0. The predicted octanol–water partition coefficient (Wildman–Crippen LogP) is 3.26. The van der Waals surface area contributed by atoms with E-state index in [9.17, 15) is 4.79 Å². The van der Waals surface area contributed by atoms with Crippen LogP contribution in [0.15, 0.2) is 36.4 Å². The molecule has 22 heavy (non-hydrogen) atoms. The number of hydrogen-bond donors (Lipinski definition) is 1. The van der Waals surface area contributed by atoms with Gasteiger partial charge < -0.3 is 14.8 Å². The molecule has 2 heterocycles. The van der Waals surface area contributed by atoms with Crippen molar-refractivity contribution in [3.05, 3.63) is 53.1 Å². The number of nitrogens with one attached hydrogen (secondary N) is 1. The largest absolute Gasteiger partial charge is 0.486 e. The first kappa shape index (κ1) is 13.0. The molecular formula is C18H15NO3. The highest BCUT2D eigenvalue weighted by molar-refractivity contribution is 6.34. The normalized spacial score (nSPS) is 17.3. The summed E-state index contributed by atoms with van der Waals surface area (Å²) in [5, 5.41) is 2.89. The zero-order valence-electron chi connectivity index (χ0n) is 12.2. The number of benzene rings is 2. The minimum Gasteiger partial charge on any atom is -0.486 e. The molecule has 0 bridgehead atoms. The number of hydrogen-bond acceptors (Lipinski definition) is 3. The maximum absolute atomic E-state index is 12.2. The lowest BCUT2D eigenvalue weighted by molar-refractivity contribution is -0.110. The molecule has 0 saturated heterocycles. The van der Waals surface area contributed by atoms with Crippen LogP contribution in [-0.4, -0.2) is 19.1 Å². The summed E-state index contributed by atoms with van der Waals surface area (Å²) in [4.78, 5) is 12.2. The summed E-state index contributed by atoms with van der Waals surface area (Å²) < 4.78 is 11.1. The number of carbonyl (C=O) groups is 1. The smallest absolute Gasteiger partial charge is 0.256 e. The standard InChI is InChI=1S/C18H15NO3/c1-11-2-4-15-13(8-11)14(18(20)19-15)9-12-3-5-16-17(10-12)22-7-6-21-16/h2-5,8-10H,6-7H2,1H3,(H,19,20)/b14-9+. The number of anilines is 1. The van der Waals surface area contributed by atoms with Gasteiger partial charge in [0.25, 0.3) is 5.91 Å². The first-order valence-corrected chi connectivity index (χ1v) is 7.24. The number of aryl methyl sites for hydroxylation is 1. The second-order valence-corrected chi connectivity index (χ2v) is 5.46. The maximum atomic E-state index is 12.2. The first-order chi connectivity index (χ1) is 10.7. The zero-order chi connectivity index (χ0) is 15.1. The molecule has 2 aromatic carbocycles.